The molecule has 1 aliphatic carbocycles. The van der Waals surface area contributed by atoms with Gasteiger partial charge in [0.2, 0.25) is 0 Å². The lowest BCUT2D eigenvalue weighted by Gasteiger charge is -2.32. The third-order valence-electron chi connectivity index (χ3n) is 4.23. The highest BCUT2D eigenvalue weighted by Gasteiger charge is 2.47. The summed E-state index contributed by atoms with van der Waals surface area (Å²) < 4.78 is 39.1. The number of rotatable bonds is 3. The Morgan fingerprint density at radius 2 is 1.85 bits per heavy atom. The van der Waals surface area contributed by atoms with Crippen molar-refractivity contribution in [2.75, 3.05) is 0 Å². The summed E-state index contributed by atoms with van der Waals surface area (Å²) in [6.45, 7) is 1.88. The van der Waals surface area contributed by atoms with Gasteiger partial charge in [-0.15, -0.1) is 0 Å². The van der Waals surface area contributed by atoms with E-state index in [2.05, 4.69) is 0 Å². The van der Waals surface area contributed by atoms with E-state index in [0.717, 1.165) is 17.5 Å². The Labute approximate surface area is 117 Å². The van der Waals surface area contributed by atoms with Crippen molar-refractivity contribution in [3.05, 3.63) is 35.4 Å². The van der Waals surface area contributed by atoms with Gasteiger partial charge in [-0.2, -0.15) is 13.2 Å². The highest BCUT2D eigenvalue weighted by Crippen LogP contribution is 2.42. The zero-order chi connectivity index (χ0) is 14.8. The number of hydrogen-bond acceptors (Lipinski definition) is 1. The molecule has 0 aliphatic heterocycles. The minimum Gasteiger partial charge on any atom is -0.299 e. The van der Waals surface area contributed by atoms with E-state index in [1.54, 1.807) is 0 Å². The lowest BCUT2D eigenvalue weighted by atomic mass is 9.75. The van der Waals surface area contributed by atoms with Crippen molar-refractivity contribution in [2.24, 2.45) is 11.8 Å². The lowest BCUT2D eigenvalue weighted by Crippen LogP contribution is -2.37. The molecule has 2 rings (SSSR count). The number of carbonyl (C=O) groups excluding carboxylic acids is 1. The molecule has 1 nitrogen and oxygen atoms in total. The van der Waals surface area contributed by atoms with Gasteiger partial charge < -0.3 is 0 Å². The maximum atomic E-state index is 13.0. The van der Waals surface area contributed by atoms with E-state index in [9.17, 15) is 18.0 Å². The first kappa shape index (κ1) is 15.1. The van der Waals surface area contributed by atoms with Gasteiger partial charge in [0.25, 0.3) is 0 Å². The summed E-state index contributed by atoms with van der Waals surface area (Å²) >= 11 is 0. The summed E-state index contributed by atoms with van der Waals surface area (Å²) in [5.41, 5.74) is 1.80. The van der Waals surface area contributed by atoms with Crippen molar-refractivity contribution in [3.63, 3.8) is 0 Å². The number of Topliss-reactive ketones (excluding diaryl/α,β-unsaturated/α-hetero) is 1. The zero-order valence-electron chi connectivity index (χ0n) is 11.5. The number of carbonyl (C=O) groups is 1. The minimum absolute atomic E-state index is 0.0910. The molecule has 1 saturated carbocycles. The Kier molecular flexibility index (Phi) is 4.51. The smallest absolute Gasteiger partial charge is 0.299 e. The second-order valence-corrected chi connectivity index (χ2v) is 5.61. The van der Waals surface area contributed by atoms with Crippen LogP contribution in [-0.2, 0) is 11.2 Å². The molecule has 4 heteroatoms. The minimum atomic E-state index is -4.26. The summed E-state index contributed by atoms with van der Waals surface area (Å²) in [5.74, 6) is -2.57. The molecule has 2 unspecified atom stereocenters. The van der Waals surface area contributed by atoms with Gasteiger partial charge in [0.1, 0.15) is 5.78 Å². The molecule has 1 aromatic carbocycles. The van der Waals surface area contributed by atoms with Crippen LogP contribution in [0.25, 0.3) is 0 Å². The summed E-state index contributed by atoms with van der Waals surface area (Å²) in [4.78, 5) is 12.3. The molecular weight excluding hydrogens is 265 g/mol. The Balaban J connectivity index is 2.13. The Hall–Kier alpha value is -1.32. The van der Waals surface area contributed by atoms with E-state index in [1.165, 1.54) is 0 Å². The molecule has 110 valence electrons. The lowest BCUT2D eigenvalue weighted by molar-refractivity contribution is -0.197. The molecule has 0 aromatic heterocycles. The second-order valence-electron chi connectivity index (χ2n) is 5.61. The predicted molar refractivity (Wildman–Crippen MR) is 71.4 cm³/mol. The summed E-state index contributed by atoms with van der Waals surface area (Å²) in [5, 5.41) is 0. The van der Waals surface area contributed by atoms with Crippen LogP contribution >= 0.6 is 0 Å². The van der Waals surface area contributed by atoms with Gasteiger partial charge in [-0.3, -0.25) is 4.79 Å². The molecule has 0 spiro atoms. The summed E-state index contributed by atoms with van der Waals surface area (Å²) in [6.07, 6.45) is -2.39. The fraction of sp³-hybridized carbons (Fsp3) is 0.562. The zero-order valence-corrected chi connectivity index (χ0v) is 11.5. The molecule has 2 atom stereocenters. The largest absolute Gasteiger partial charge is 0.392 e. The van der Waals surface area contributed by atoms with Gasteiger partial charge in [-0.1, -0.05) is 37.1 Å². The first-order valence-corrected chi connectivity index (χ1v) is 7.03. The topological polar surface area (TPSA) is 17.1 Å². The van der Waals surface area contributed by atoms with Crippen molar-refractivity contribution in [1.82, 2.24) is 0 Å². The maximum absolute atomic E-state index is 13.0. The third kappa shape index (κ3) is 3.41. The monoisotopic (exact) mass is 284 g/mol. The highest BCUT2D eigenvalue weighted by molar-refractivity contribution is 5.84. The Bertz CT molecular complexity index is 479. The molecule has 0 N–H and O–H groups in total. The Morgan fingerprint density at radius 3 is 2.50 bits per heavy atom. The normalized spacial score (nSPS) is 23.6. The predicted octanol–water partition coefficient (Wildman–Crippen LogP) is 4.48. The average Bonchev–Trinajstić information content (AvgIpc) is 2.40. The van der Waals surface area contributed by atoms with Crippen molar-refractivity contribution in [3.8, 4) is 0 Å². The molecule has 1 aliphatic rings. The number of benzene rings is 1. The number of halogens is 3. The van der Waals surface area contributed by atoms with Gasteiger partial charge in [0.05, 0.1) is 5.92 Å². The first-order chi connectivity index (χ1) is 9.39. The number of aryl methyl sites for hydroxylation is 1. The number of hydrogen-bond donors (Lipinski definition) is 0. The molecule has 20 heavy (non-hydrogen) atoms. The van der Waals surface area contributed by atoms with Crippen LogP contribution in [0.2, 0.25) is 0 Å². The van der Waals surface area contributed by atoms with E-state index in [-0.39, 0.29) is 18.6 Å². The average molecular weight is 284 g/mol. The van der Waals surface area contributed by atoms with Crippen LogP contribution in [-0.4, -0.2) is 12.0 Å². The fourth-order valence-electron chi connectivity index (χ4n) is 3.04. The van der Waals surface area contributed by atoms with Crippen LogP contribution in [0.5, 0.6) is 0 Å². The molecule has 0 radical (unpaired) electrons. The molecule has 0 heterocycles. The summed E-state index contributed by atoms with van der Waals surface area (Å²) in [6, 6.07) is 7.38. The van der Waals surface area contributed by atoms with Gasteiger partial charge in [0, 0.05) is 12.3 Å². The standard InChI is InChI=1S/C16H19F3O/c1-11-6-2-3-7-12(11)10-15(20)13-8-4-5-9-14(13)16(17,18)19/h2-3,6-7,13-14H,4-5,8-10H2,1H3. The first-order valence-electron chi connectivity index (χ1n) is 7.03. The third-order valence-corrected chi connectivity index (χ3v) is 4.23. The summed E-state index contributed by atoms with van der Waals surface area (Å²) in [7, 11) is 0. The van der Waals surface area contributed by atoms with E-state index < -0.39 is 18.0 Å². The van der Waals surface area contributed by atoms with E-state index in [0.29, 0.717) is 12.8 Å². The van der Waals surface area contributed by atoms with Gasteiger partial charge >= 0.3 is 6.18 Å². The van der Waals surface area contributed by atoms with Crippen molar-refractivity contribution in [1.29, 1.82) is 0 Å². The molecular formula is C16H19F3O. The molecule has 0 saturated heterocycles. The van der Waals surface area contributed by atoms with Crippen LogP contribution < -0.4 is 0 Å². The van der Waals surface area contributed by atoms with Crippen LogP contribution in [0, 0.1) is 18.8 Å². The van der Waals surface area contributed by atoms with Crippen molar-refractivity contribution in [2.45, 2.75) is 45.2 Å². The van der Waals surface area contributed by atoms with Gasteiger partial charge in [-0.05, 0) is 30.9 Å². The van der Waals surface area contributed by atoms with Crippen molar-refractivity contribution >= 4 is 5.78 Å². The number of alkyl halides is 3. The molecule has 0 amide bonds. The molecule has 0 bridgehead atoms. The van der Waals surface area contributed by atoms with E-state index >= 15 is 0 Å². The van der Waals surface area contributed by atoms with Crippen LogP contribution in [0.15, 0.2) is 24.3 Å². The van der Waals surface area contributed by atoms with Gasteiger partial charge in [-0.25, -0.2) is 0 Å². The highest BCUT2D eigenvalue weighted by atomic mass is 19.4. The van der Waals surface area contributed by atoms with Crippen LogP contribution in [0.1, 0.15) is 36.8 Å². The van der Waals surface area contributed by atoms with Gasteiger partial charge in [0.15, 0.2) is 0 Å². The molecule has 1 fully saturated rings. The van der Waals surface area contributed by atoms with E-state index in [1.807, 2.05) is 31.2 Å². The second kappa shape index (κ2) is 5.98. The Morgan fingerprint density at radius 1 is 1.20 bits per heavy atom. The number of ketones is 1. The SMILES string of the molecule is Cc1ccccc1CC(=O)C1CCCCC1C(F)(F)F. The fourth-order valence-corrected chi connectivity index (χ4v) is 3.04. The maximum Gasteiger partial charge on any atom is 0.392 e. The quantitative estimate of drug-likeness (QED) is 0.800. The molecule has 1 aromatic rings. The van der Waals surface area contributed by atoms with E-state index in [4.69, 9.17) is 0 Å². The van der Waals surface area contributed by atoms with Crippen LogP contribution in [0.3, 0.4) is 0 Å². The van der Waals surface area contributed by atoms with Crippen LogP contribution in [0.4, 0.5) is 13.2 Å². The van der Waals surface area contributed by atoms with Crippen molar-refractivity contribution < 1.29 is 18.0 Å².